The van der Waals surface area contributed by atoms with Crippen LogP contribution in [0, 0.1) is 0 Å². The van der Waals surface area contributed by atoms with E-state index in [1.54, 1.807) is 6.20 Å². The third-order valence-electron chi connectivity index (χ3n) is 1.13. The monoisotopic (exact) mass is 184 g/mol. The first kappa shape index (κ1) is 5.15. The van der Waals surface area contributed by atoms with E-state index < -0.39 is 0 Å². The molecule has 2 aromatic heterocycles. The fourth-order valence-corrected chi connectivity index (χ4v) is 2.21. The van der Waals surface area contributed by atoms with E-state index in [1.807, 2.05) is 12.1 Å². The number of rotatable bonds is 0. The molecule has 0 spiro atoms. The predicted molar refractivity (Wildman–Crippen MR) is 36.5 cm³/mol. The summed E-state index contributed by atoms with van der Waals surface area (Å²) in [6, 6.07) is 4.06. The first-order chi connectivity index (χ1) is 4.47. The molecule has 0 saturated heterocycles. The van der Waals surface area contributed by atoms with Crippen LogP contribution in [-0.2, 0) is 0 Å². The van der Waals surface area contributed by atoms with Gasteiger partial charge in [-0.05, 0) is 0 Å². The zero-order chi connectivity index (χ0) is 6.10. The molecule has 0 aliphatic carbocycles. The molecule has 0 unspecified atom stereocenters. The maximum atomic E-state index is 3.94. The molecule has 9 heavy (non-hydrogen) atoms. The van der Waals surface area contributed by atoms with Crippen molar-refractivity contribution in [1.29, 1.82) is 0 Å². The zero-order valence-electron chi connectivity index (χ0n) is 4.61. The van der Waals surface area contributed by atoms with Gasteiger partial charge in [-0.15, -0.1) is 0 Å². The average molecular weight is 183 g/mol. The van der Waals surface area contributed by atoms with Crippen LogP contribution < -0.4 is 0 Å². The number of fused-ring (bicyclic) bond motifs is 1. The summed E-state index contributed by atoms with van der Waals surface area (Å²) in [6.07, 6.45) is 1.74. The van der Waals surface area contributed by atoms with Gasteiger partial charge in [0.25, 0.3) is 0 Å². The first-order valence-corrected chi connectivity index (χ1v) is 4.46. The molecule has 0 aromatic carbocycles. The molecule has 0 atom stereocenters. The van der Waals surface area contributed by atoms with Crippen molar-refractivity contribution in [1.82, 2.24) is 10.2 Å². The van der Waals surface area contributed by atoms with Crippen molar-refractivity contribution in [3.05, 3.63) is 23.3 Å². The minimum atomic E-state index is 0.519. The first-order valence-electron chi connectivity index (χ1n) is 2.62. The van der Waals surface area contributed by atoms with E-state index in [0.29, 0.717) is 14.5 Å². The third kappa shape index (κ3) is 0.784. The number of aromatic nitrogens is 2. The maximum absolute atomic E-state index is 3.94. The van der Waals surface area contributed by atoms with E-state index >= 15 is 0 Å². The Labute approximate surface area is 58.3 Å². The Hall–Kier alpha value is -0.661. The van der Waals surface area contributed by atoms with Crippen LogP contribution >= 0.6 is 0 Å². The molecule has 2 rings (SSSR count). The van der Waals surface area contributed by atoms with Crippen molar-refractivity contribution in [2.45, 2.75) is 0 Å². The van der Waals surface area contributed by atoms with Gasteiger partial charge in [0, 0.05) is 0 Å². The van der Waals surface area contributed by atoms with E-state index in [-0.39, 0.29) is 0 Å². The Morgan fingerprint density at radius 1 is 1.33 bits per heavy atom. The molecule has 2 nitrogen and oxygen atoms in total. The van der Waals surface area contributed by atoms with Gasteiger partial charge in [-0.3, -0.25) is 0 Å². The fourth-order valence-electron chi connectivity index (χ4n) is 0.718. The van der Waals surface area contributed by atoms with Crippen molar-refractivity contribution < 1.29 is 0 Å². The summed E-state index contributed by atoms with van der Waals surface area (Å²) in [5.74, 6) is 0. The van der Waals surface area contributed by atoms with E-state index in [0.717, 1.165) is 5.52 Å². The summed E-state index contributed by atoms with van der Waals surface area (Å²) in [4.78, 5) is 2.16. The average Bonchev–Trinajstić information content (AvgIpc) is 2.33. The molecule has 44 valence electrons. The molecular weight excluding hydrogens is 179 g/mol. The van der Waals surface area contributed by atoms with E-state index in [1.165, 1.54) is 4.26 Å². The van der Waals surface area contributed by atoms with Gasteiger partial charge in [0.2, 0.25) is 0 Å². The summed E-state index contributed by atoms with van der Waals surface area (Å²) in [5, 5.41) is 7.70. The molecule has 2 heterocycles. The zero-order valence-corrected chi connectivity index (χ0v) is 6.33. The molecule has 0 aliphatic rings. The summed E-state index contributed by atoms with van der Waals surface area (Å²) in [5.41, 5.74) is 1.05. The second-order valence-corrected chi connectivity index (χ2v) is 3.69. The van der Waals surface area contributed by atoms with Crippen LogP contribution in [-0.4, -0.2) is 24.7 Å². The van der Waals surface area contributed by atoms with Gasteiger partial charge in [-0.25, -0.2) is 0 Å². The Balaban J connectivity index is 2.95. The van der Waals surface area contributed by atoms with Crippen LogP contribution in [0.3, 0.4) is 0 Å². The normalized spacial score (nSPS) is 10.2. The Kier molecular flexibility index (Phi) is 1.11. The molecule has 2 aromatic rings. The molecule has 0 amide bonds. The topological polar surface area (TPSA) is 25.8 Å². The minimum absolute atomic E-state index is 0.519. The third-order valence-corrected chi connectivity index (χ3v) is 2.96. The molecule has 0 bridgehead atoms. The van der Waals surface area contributed by atoms with Crippen molar-refractivity contribution in [2.75, 3.05) is 0 Å². The number of nitrogens with zero attached hydrogens (tertiary/aromatic N) is 2. The van der Waals surface area contributed by atoms with Crippen LogP contribution in [0.15, 0.2) is 23.3 Å². The molecular formula is C6H4N2Se. The van der Waals surface area contributed by atoms with Crippen molar-refractivity contribution in [3.63, 3.8) is 0 Å². The molecule has 3 heteroatoms. The second-order valence-electron chi connectivity index (χ2n) is 1.70. The van der Waals surface area contributed by atoms with Gasteiger partial charge in [0.15, 0.2) is 0 Å². The quantitative estimate of drug-likeness (QED) is 0.561. The van der Waals surface area contributed by atoms with E-state index in [4.69, 9.17) is 0 Å². The summed E-state index contributed by atoms with van der Waals surface area (Å²) < 4.78 is 1.34. The van der Waals surface area contributed by atoms with E-state index in [9.17, 15) is 0 Å². The number of hydrogen-bond acceptors (Lipinski definition) is 2. The molecule has 0 aliphatic heterocycles. The summed E-state index contributed by atoms with van der Waals surface area (Å²) in [6.45, 7) is 0. The van der Waals surface area contributed by atoms with Gasteiger partial charge in [-0.2, -0.15) is 0 Å². The predicted octanol–water partition coefficient (Wildman–Crippen LogP) is 0.687. The molecule has 0 radical (unpaired) electrons. The van der Waals surface area contributed by atoms with Gasteiger partial charge in [0.05, 0.1) is 0 Å². The second kappa shape index (κ2) is 1.94. The Bertz CT molecular complexity index is 285. The number of hydrogen-bond donors (Lipinski definition) is 0. The SMILES string of the molecule is c1cc2[se]ccc2nn1. The van der Waals surface area contributed by atoms with E-state index in [2.05, 4.69) is 15.1 Å². The fraction of sp³-hybridized carbons (Fsp3) is 0. The van der Waals surface area contributed by atoms with Gasteiger partial charge >= 0.3 is 57.7 Å². The standard InChI is InChI=1S/C6H4N2Se/c1-3-7-8-5-2-4-9-6(1)5/h1-4H. The molecule has 0 fully saturated rings. The molecule has 0 N–H and O–H groups in total. The van der Waals surface area contributed by atoms with Crippen LogP contribution in [0.25, 0.3) is 9.78 Å². The van der Waals surface area contributed by atoms with Gasteiger partial charge in [0.1, 0.15) is 0 Å². The van der Waals surface area contributed by atoms with Gasteiger partial charge in [-0.1, -0.05) is 0 Å². The van der Waals surface area contributed by atoms with Crippen LogP contribution in [0.2, 0.25) is 0 Å². The van der Waals surface area contributed by atoms with Crippen LogP contribution in [0.4, 0.5) is 0 Å². The van der Waals surface area contributed by atoms with Crippen molar-refractivity contribution in [2.24, 2.45) is 0 Å². The summed E-state index contributed by atoms with van der Waals surface area (Å²) >= 11 is 0.519. The van der Waals surface area contributed by atoms with Crippen LogP contribution in [0.5, 0.6) is 0 Å². The summed E-state index contributed by atoms with van der Waals surface area (Å²) in [7, 11) is 0. The van der Waals surface area contributed by atoms with Crippen LogP contribution in [0.1, 0.15) is 0 Å². The van der Waals surface area contributed by atoms with Gasteiger partial charge < -0.3 is 0 Å². The van der Waals surface area contributed by atoms with Crippen molar-refractivity contribution >= 4 is 24.3 Å². The molecule has 0 saturated carbocycles. The Morgan fingerprint density at radius 3 is 3.22 bits per heavy atom. The van der Waals surface area contributed by atoms with Crippen molar-refractivity contribution in [3.8, 4) is 0 Å². The Morgan fingerprint density at radius 2 is 2.33 bits per heavy atom.